The molecule has 8 nitrogen and oxygen atoms in total. The van der Waals surface area contributed by atoms with E-state index in [-0.39, 0.29) is 12.3 Å². The fourth-order valence-corrected chi connectivity index (χ4v) is 8.17. The standard InChI is InChI=1S/C27H14N8/c28-9-23(10-29)19-6-7-20(24(23,11-30)12-31)21-18(19)8-27(21)22(17-4-2-1-3-5-17)25(13-32,14-33)26(27,15-34)16-35/h1-7,18-22H,8H2/t18?,19?,20?,21?,22-,27?/m0/s1. The van der Waals surface area contributed by atoms with Crippen LogP contribution in [0.25, 0.3) is 0 Å². The fraction of sp³-hybridized carbons (Fsp3) is 0.407. The molecule has 5 aliphatic carbocycles. The predicted octanol–water partition coefficient (Wildman–Crippen LogP) is 3.36. The monoisotopic (exact) mass is 450 g/mol. The van der Waals surface area contributed by atoms with Crippen molar-refractivity contribution in [1.29, 1.82) is 42.1 Å². The molecule has 1 aromatic rings. The first-order chi connectivity index (χ1) is 16.9. The highest BCUT2D eigenvalue weighted by Gasteiger charge is 2.92. The van der Waals surface area contributed by atoms with Crippen molar-refractivity contribution in [3.05, 3.63) is 48.0 Å². The Morgan fingerprint density at radius 3 is 1.57 bits per heavy atom. The molecule has 6 atom stereocenters. The largest absolute Gasteiger partial charge is 0.196 e. The molecule has 0 N–H and O–H groups in total. The molecule has 0 saturated heterocycles. The van der Waals surface area contributed by atoms with Gasteiger partial charge in [0.2, 0.25) is 0 Å². The van der Waals surface area contributed by atoms with Gasteiger partial charge in [-0.1, -0.05) is 42.5 Å². The number of benzene rings is 1. The van der Waals surface area contributed by atoms with E-state index in [2.05, 4.69) is 0 Å². The van der Waals surface area contributed by atoms with Gasteiger partial charge in [-0.15, -0.1) is 0 Å². The van der Waals surface area contributed by atoms with Crippen LogP contribution in [0.1, 0.15) is 17.9 Å². The maximum absolute atomic E-state index is 10.4. The summed E-state index contributed by atoms with van der Waals surface area (Å²) in [4.78, 5) is 0. The van der Waals surface area contributed by atoms with E-state index in [1.54, 1.807) is 42.5 Å². The van der Waals surface area contributed by atoms with Crippen molar-refractivity contribution >= 4 is 0 Å². The lowest BCUT2D eigenvalue weighted by atomic mass is 9.17. The van der Waals surface area contributed by atoms with E-state index >= 15 is 0 Å². The summed E-state index contributed by atoms with van der Waals surface area (Å²) in [5.74, 6) is -3.49. The lowest BCUT2D eigenvalue weighted by Crippen LogP contribution is -2.82. The van der Waals surface area contributed by atoms with Crippen molar-refractivity contribution in [2.24, 2.45) is 50.7 Å². The highest BCUT2D eigenvalue weighted by atomic mass is 14.9. The summed E-state index contributed by atoms with van der Waals surface area (Å²) >= 11 is 0. The van der Waals surface area contributed by atoms with Crippen LogP contribution in [-0.4, -0.2) is 0 Å². The number of hydrogen-bond acceptors (Lipinski definition) is 8. The summed E-state index contributed by atoms with van der Waals surface area (Å²) in [6.07, 6.45) is 3.58. The Kier molecular flexibility index (Phi) is 4.02. The minimum absolute atomic E-state index is 0.215. The van der Waals surface area contributed by atoms with Gasteiger partial charge in [0.1, 0.15) is 0 Å². The molecule has 1 aromatic carbocycles. The van der Waals surface area contributed by atoms with E-state index in [0.29, 0.717) is 5.56 Å². The average molecular weight is 450 g/mol. The second-order valence-electron chi connectivity index (χ2n) is 9.78. The van der Waals surface area contributed by atoms with Crippen LogP contribution < -0.4 is 0 Å². The van der Waals surface area contributed by atoms with Gasteiger partial charge in [0.15, 0.2) is 21.7 Å². The zero-order valence-corrected chi connectivity index (χ0v) is 18.2. The Morgan fingerprint density at radius 1 is 0.600 bits per heavy atom. The van der Waals surface area contributed by atoms with Gasteiger partial charge >= 0.3 is 0 Å². The molecule has 0 heterocycles. The summed E-state index contributed by atoms with van der Waals surface area (Å²) in [5, 5.41) is 81.8. The first-order valence-electron chi connectivity index (χ1n) is 10.9. The zero-order chi connectivity index (χ0) is 25.3. The van der Waals surface area contributed by atoms with Crippen LogP contribution in [0, 0.1) is 141 Å². The van der Waals surface area contributed by atoms with E-state index in [1.165, 1.54) is 0 Å². The highest BCUT2D eigenvalue weighted by Crippen LogP contribution is 2.88. The molecule has 0 aromatic heterocycles. The van der Waals surface area contributed by atoms with Gasteiger partial charge in [-0.2, -0.15) is 42.1 Å². The molecule has 0 aliphatic heterocycles. The first-order valence-corrected chi connectivity index (χ1v) is 10.9. The van der Waals surface area contributed by atoms with Crippen LogP contribution in [0.4, 0.5) is 0 Å². The van der Waals surface area contributed by atoms with Gasteiger partial charge in [-0.05, 0) is 23.8 Å². The van der Waals surface area contributed by atoms with Crippen LogP contribution in [-0.2, 0) is 0 Å². The first kappa shape index (κ1) is 21.7. The lowest BCUT2D eigenvalue weighted by molar-refractivity contribution is -0.291. The molecule has 162 valence electrons. The quantitative estimate of drug-likeness (QED) is 0.581. The Labute approximate surface area is 202 Å². The molecule has 5 aliphatic rings. The third-order valence-corrected chi connectivity index (χ3v) is 9.39. The predicted molar refractivity (Wildman–Crippen MR) is 114 cm³/mol. The van der Waals surface area contributed by atoms with Gasteiger partial charge in [0, 0.05) is 23.2 Å². The van der Waals surface area contributed by atoms with Crippen molar-refractivity contribution in [2.75, 3.05) is 0 Å². The van der Waals surface area contributed by atoms with Crippen LogP contribution in [0.2, 0.25) is 0 Å². The summed E-state index contributed by atoms with van der Waals surface area (Å²) in [6.45, 7) is 0. The van der Waals surface area contributed by atoms with Gasteiger partial charge < -0.3 is 0 Å². The Bertz CT molecular complexity index is 1470. The van der Waals surface area contributed by atoms with Crippen LogP contribution in [0.5, 0.6) is 0 Å². The molecular weight excluding hydrogens is 436 g/mol. The third kappa shape index (κ3) is 1.73. The average Bonchev–Trinajstić information content (AvgIpc) is 2.89. The number of fused-ring (bicyclic) bond motifs is 1. The topological polar surface area (TPSA) is 190 Å². The molecule has 3 fully saturated rings. The Hall–Kier alpha value is -5.12. The number of nitriles is 8. The SMILES string of the molecule is N#CC1(C#N)C2C=CC(C3C2CC32[C@@H](c3ccccc3)C(C#N)(C#N)C2(C#N)C#N)C1(C#N)C#N. The Balaban J connectivity index is 1.82. The van der Waals surface area contributed by atoms with Crippen molar-refractivity contribution < 1.29 is 0 Å². The second kappa shape index (κ2) is 6.48. The molecule has 5 unspecified atom stereocenters. The van der Waals surface area contributed by atoms with E-state index in [9.17, 15) is 42.1 Å². The van der Waals surface area contributed by atoms with Gasteiger partial charge in [-0.25, -0.2) is 0 Å². The van der Waals surface area contributed by atoms with Gasteiger partial charge in [-0.3, -0.25) is 0 Å². The third-order valence-electron chi connectivity index (χ3n) is 9.39. The molecule has 3 saturated carbocycles. The Morgan fingerprint density at radius 2 is 1.09 bits per heavy atom. The van der Waals surface area contributed by atoms with Crippen molar-refractivity contribution in [3.63, 3.8) is 0 Å². The van der Waals surface area contributed by atoms with Crippen molar-refractivity contribution in [3.8, 4) is 48.6 Å². The molecule has 2 bridgehead atoms. The van der Waals surface area contributed by atoms with Crippen molar-refractivity contribution in [1.82, 2.24) is 0 Å². The number of hydrogen-bond donors (Lipinski definition) is 0. The maximum atomic E-state index is 10.4. The van der Waals surface area contributed by atoms with Crippen LogP contribution in [0.3, 0.4) is 0 Å². The maximum Gasteiger partial charge on any atom is 0.183 e. The second-order valence-corrected chi connectivity index (χ2v) is 9.78. The van der Waals surface area contributed by atoms with E-state index in [1.807, 2.05) is 48.6 Å². The number of nitrogens with zero attached hydrogens (tertiary/aromatic N) is 8. The smallest absolute Gasteiger partial charge is 0.183 e. The van der Waals surface area contributed by atoms with E-state index in [0.717, 1.165) is 0 Å². The molecule has 8 heteroatoms. The van der Waals surface area contributed by atoms with Crippen molar-refractivity contribution in [2.45, 2.75) is 12.3 Å². The fourth-order valence-electron chi connectivity index (χ4n) is 8.17. The van der Waals surface area contributed by atoms with Crippen LogP contribution >= 0.6 is 0 Å². The van der Waals surface area contributed by atoms with Crippen LogP contribution in [0.15, 0.2) is 42.5 Å². The summed E-state index contributed by atoms with van der Waals surface area (Å²) in [7, 11) is 0. The normalized spacial score (nSPS) is 36.3. The minimum atomic E-state index is -2.03. The highest BCUT2D eigenvalue weighted by molar-refractivity contribution is 5.59. The van der Waals surface area contributed by atoms with Gasteiger partial charge in [0.05, 0.1) is 48.6 Å². The van der Waals surface area contributed by atoms with Gasteiger partial charge in [0.25, 0.3) is 0 Å². The van der Waals surface area contributed by atoms with E-state index < -0.39 is 50.7 Å². The minimum Gasteiger partial charge on any atom is -0.196 e. The summed E-state index contributed by atoms with van der Waals surface area (Å²) in [6, 6.07) is 24.7. The van der Waals surface area contributed by atoms with E-state index in [4.69, 9.17) is 0 Å². The number of allylic oxidation sites excluding steroid dienone is 2. The molecule has 0 amide bonds. The molecule has 6 rings (SSSR count). The molecule has 1 spiro atoms. The summed E-state index contributed by atoms with van der Waals surface area (Å²) < 4.78 is 0. The zero-order valence-electron chi connectivity index (χ0n) is 18.2. The number of rotatable bonds is 1. The molecular formula is C27H14N8. The molecule has 0 radical (unpaired) electrons. The molecule has 35 heavy (non-hydrogen) atoms. The summed E-state index contributed by atoms with van der Waals surface area (Å²) in [5.41, 5.74) is -8.51. The lowest BCUT2D eigenvalue weighted by Gasteiger charge is -2.79.